The average Bonchev–Trinajstić information content (AvgIpc) is 2.98. The molecule has 0 aliphatic carbocycles. The highest BCUT2D eigenvalue weighted by atomic mass is 16.2. The SMILES string of the molecule is C#Cc1ccccc1N1CCN(C(=O)c2cc(CN3CCN(c4ncccc4C#C)CC3)ccc2C)CC1. The summed E-state index contributed by atoms with van der Waals surface area (Å²) in [5, 5.41) is 0. The lowest BCUT2D eigenvalue weighted by atomic mass is 10.0. The molecule has 0 unspecified atom stereocenters. The minimum absolute atomic E-state index is 0.107. The largest absolute Gasteiger partial charge is 0.367 e. The summed E-state index contributed by atoms with van der Waals surface area (Å²) in [6, 6.07) is 18.1. The predicted molar refractivity (Wildman–Crippen MR) is 153 cm³/mol. The van der Waals surface area contributed by atoms with Gasteiger partial charge in [0.05, 0.1) is 11.3 Å². The first-order valence-corrected chi connectivity index (χ1v) is 13.2. The number of anilines is 2. The molecule has 2 fully saturated rings. The number of aryl methyl sites for hydroxylation is 1. The summed E-state index contributed by atoms with van der Waals surface area (Å²) in [4.78, 5) is 27.0. The number of amides is 1. The molecule has 1 aromatic heterocycles. The lowest BCUT2D eigenvalue weighted by Crippen LogP contribution is -2.49. The van der Waals surface area contributed by atoms with Crippen molar-refractivity contribution >= 4 is 17.4 Å². The summed E-state index contributed by atoms with van der Waals surface area (Å²) in [7, 11) is 0. The van der Waals surface area contributed by atoms with E-state index in [1.165, 1.54) is 0 Å². The van der Waals surface area contributed by atoms with Crippen LogP contribution < -0.4 is 9.80 Å². The smallest absolute Gasteiger partial charge is 0.254 e. The minimum atomic E-state index is 0.107. The molecule has 2 aromatic carbocycles. The second-order valence-corrected chi connectivity index (χ2v) is 9.87. The van der Waals surface area contributed by atoms with E-state index in [9.17, 15) is 4.79 Å². The normalized spacial score (nSPS) is 16.1. The van der Waals surface area contributed by atoms with E-state index in [-0.39, 0.29) is 5.91 Å². The summed E-state index contributed by atoms with van der Waals surface area (Å²) in [5.74, 6) is 6.52. The molecule has 3 heterocycles. The van der Waals surface area contributed by atoms with E-state index in [4.69, 9.17) is 12.8 Å². The molecular formula is C32H33N5O. The highest BCUT2D eigenvalue weighted by Crippen LogP contribution is 2.23. The minimum Gasteiger partial charge on any atom is -0.367 e. The van der Waals surface area contributed by atoms with Gasteiger partial charge in [-0.1, -0.05) is 36.1 Å². The number of aromatic nitrogens is 1. The van der Waals surface area contributed by atoms with Crippen LogP contribution in [-0.4, -0.2) is 73.0 Å². The Hall–Kier alpha value is -4.26. The molecule has 0 atom stereocenters. The van der Waals surface area contributed by atoms with Gasteiger partial charge in [-0.05, 0) is 48.4 Å². The van der Waals surface area contributed by atoms with E-state index in [1.807, 2.05) is 42.2 Å². The Labute approximate surface area is 225 Å². The third-order valence-electron chi connectivity index (χ3n) is 7.52. The zero-order valence-electron chi connectivity index (χ0n) is 21.9. The number of hydrogen-bond acceptors (Lipinski definition) is 5. The van der Waals surface area contributed by atoms with Crippen molar-refractivity contribution < 1.29 is 4.79 Å². The van der Waals surface area contributed by atoms with Crippen molar-refractivity contribution in [1.29, 1.82) is 0 Å². The van der Waals surface area contributed by atoms with E-state index >= 15 is 0 Å². The van der Waals surface area contributed by atoms with Gasteiger partial charge < -0.3 is 14.7 Å². The lowest BCUT2D eigenvalue weighted by molar-refractivity contribution is 0.0746. The Kier molecular flexibility index (Phi) is 7.63. The molecule has 0 N–H and O–H groups in total. The van der Waals surface area contributed by atoms with Crippen LogP contribution in [0.3, 0.4) is 0 Å². The van der Waals surface area contributed by atoms with Gasteiger partial charge in [0.1, 0.15) is 5.82 Å². The number of hydrogen-bond donors (Lipinski definition) is 0. The van der Waals surface area contributed by atoms with E-state index in [2.05, 4.69) is 55.8 Å². The van der Waals surface area contributed by atoms with Gasteiger partial charge in [-0.25, -0.2) is 4.98 Å². The second-order valence-electron chi connectivity index (χ2n) is 9.87. The van der Waals surface area contributed by atoms with Gasteiger partial charge in [-0.3, -0.25) is 9.69 Å². The molecule has 2 saturated heterocycles. The molecule has 5 rings (SSSR count). The monoisotopic (exact) mass is 503 g/mol. The number of carbonyl (C=O) groups excluding carboxylic acids is 1. The topological polar surface area (TPSA) is 42.9 Å². The van der Waals surface area contributed by atoms with Crippen molar-refractivity contribution in [1.82, 2.24) is 14.8 Å². The molecule has 2 aliphatic heterocycles. The molecule has 38 heavy (non-hydrogen) atoms. The Morgan fingerprint density at radius 2 is 1.53 bits per heavy atom. The Balaban J connectivity index is 1.20. The van der Waals surface area contributed by atoms with E-state index in [1.54, 1.807) is 6.20 Å². The molecule has 0 spiro atoms. The van der Waals surface area contributed by atoms with Gasteiger partial charge >= 0.3 is 0 Å². The van der Waals surface area contributed by atoms with Crippen molar-refractivity contribution in [2.24, 2.45) is 0 Å². The highest BCUT2D eigenvalue weighted by Gasteiger charge is 2.25. The molecule has 2 aliphatic rings. The molecule has 192 valence electrons. The average molecular weight is 504 g/mol. The molecule has 0 radical (unpaired) electrons. The van der Waals surface area contributed by atoms with Gasteiger partial charge in [0.15, 0.2) is 0 Å². The highest BCUT2D eigenvalue weighted by molar-refractivity contribution is 5.96. The molecule has 1 amide bonds. The maximum atomic E-state index is 13.5. The first-order valence-electron chi connectivity index (χ1n) is 13.2. The van der Waals surface area contributed by atoms with Crippen LogP contribution in [0.1, 0.15) is 32.6 Å². The van der Waals surface area contributed by atoms with Crippen molar-refractivity contribution in [3.8, 4) is 24.7 Å². The maximum absolute atomic E-state index is 13.5. The summed E-state index contributed by atoms with van der Waals surface area (Å²) < 4.78 is 0. The van der Waals surface area contributed by atoms with Gasteiger partial charge in [-0.15, -0.1) is 12.8 Å². The summed E-state index contributed by atoms with van der Waals surface area (Å²) >= 11 is 0. The molecular weight excluding hydrogens is 470 g/mol. The second kappa shape index (κ2) is 11.4. The third-order valence-corrected chi connectivity index (χ3v) is 7.52. The van der Waals surface area contributed by atoms with Crippen LogP contribution in [-0.2, 0) is 6.54 Å². The van der Waals surface area contributed by atoms with Crippen LogP contribution >= 0.6 is 0 Å². The standard InChI is InChI=1S/C32H33N5O/c1-4-27-9-6-7-11-30(27)35-19-21-37(22-20-35)32(38)29-23-26(13-12-25(29)3)24-34-15-17-36(18-16-34)31-28(5-2)10-8-14-33-31/h1-2,6-14,23H,15-22,24H2,3H3. The first-order chi connectivity index (χ1) is 18.6. The molecule has 0 bridgehead atoms. The summed E-state index contributed by atoms with van der Waals surface area (Å²) in [5.41, 5.74) is 5.78. The zero-order chi connectivity index (χ0) is 26.5. The first kappa shape index (κ1) is 25.4. The number of terminal acetylenes is 2. The van der Waals surface area contributed by atoms with Gasteiger partial charge in [-0.2, -0.15) is 0 Å². The Morgan fingerprint density at radius 1 is 0.842 bits per heavy atom. The third kappa shape index (κ3) is 5.37. The fourth-order valence-corrected chi connectivity index (χ4v) is 5.33. The molecule has 0 saturated carbocycles. The number of piperazine rings is 2. The van der Waals surface area contributed by atoms with Crippen LogP contribution in [0.4, 0.5) is 11.5 Å². The van der Waals surface area contributed by atoms with Crippen LogP contribution in [0.5, 0.6) is 0 Å². The summed E-state index contributed by atoms with van der Waals surface area (Å²) in [6.07, 6.45) is 13.2. The Bertz CT molecular complexity index is 1390. The fraction of sp³-hybridized carbons (Fsp3) is 0.312. The number of benzene rings is 2. The predicted octanol–water partition coefficient (Wildman–Crippen LogP) is 3.64. The van der Waals surface area contributed by atoms with Crippen molar-refractivity contribution in [2.75, 3.05) is 62.2 Å². The van der Waals surface area contributed by atoms with Crippen molar-refractivity contribution in [2.45, 2.75) is 13.5 Å². The van der Waals surface area contributed by atoms with Crippen LogP contribution in [0.2, 0.25) is 0 Å². The number of rotatable bonds is 5. The van der Waals surface area contributed by atoms with Crippen LogP contribution in [0, 0.1) is 31.6 Å². The molecule has 6 nitrogen and oxygen atoms in total. The number of carbonyl (C=O) groups is 1. The number of pyridine rings is 1. The number of nitrogens with zero attached hydrogens (tertiary/aromatic N) is 5. The van der Waals surface area contributed by atoms with E-state index < -0.39 is 0 Å². The number of para-hydroxylation sites is 1. The zero-order valence-corrected chi connectivity index (χ0v) is 21.9. The Morgan fingerprint density at radius 3 is 2.26 bits per heavy atom. The fourth-order valence-electron chi connectivity index (χ4n) is 5.33. The summed E-state index contributed by atoms with van der Waals surface area (Å²) in [6.45, 7) is 9.30. The van der Waals surface area contributed by atoms with Crippen LogP contribution in [0.25, 0.3) is 0 Å². The van der Waals surface area contributed by atoms with Crippen LogP contribution in [0.15, 0.2) is 60.8 Å². The van der Waals surface area contributed by atoms with Gasteiger partial charge in [0, 0.05) is 76.2 Å². The molecule has 3 aromatic rings. The van der Waals surface area contributed by atoms with E-state index in [0.717, 1.165) is 85.1 Å². The lowest BCUT2D eigenvalue weighted by Gasteiger charge is -2.37. The van der Waals surface area contributed by atoms with Crippen molar-refractivity contribution in [3.63, 3.8) is 0 Å². The quantitative estimate of drug-likeness (QED) is 0.498. The van der Waals surface area contributed by atoms with E-state index in [0.29, 0.717) is 13.1 Å². The van der Waals surface area contributed by atoms with Gasteiger partial charge in [0.2, 0.25) is 0 Å². The van der Waals surface area contributed by atoms with Crippen molar-refractivity contribution in [3.05, 3.63) is 88.6 Å². The van der Waals surface area contributed by atoms with Gasteiger partial charge in [0.25, 0.3) is 5.91 Å². The molecule has 6 heteroatoms. The maximum Gasteiger partial charge on any atom is 0.254 e.